The van der Waals surface area contributed by atoms with Crippen LogP contribution in [0.3, 0.4) is 0 Å². The number of aromatic nitrogens is 1. The van der Waals surface area contributed by atoms with Crippen LogP contribution in [0.2, 0.25) is 0 Å². The van der Waals surface area contributed by atoms with Crippen molar-refractivity contribution in [3.8, 4) is 0 Å². The molecular formula is C19H21N3O5. The van der Waals surface area contributed by atoms with Crippen LogP contribution in [0, 0.1) is 13.8 Å². The van der Waals surface area contributed by atoms with Crippen molar-refractivity contribution < 1.29 is 23.5 Å². The first-order chi connectivity index (χ1) is 12.9. The van der Waals surface area contributed by atoms with E-state index >= 15 is 0 Å². The van der Waals surface area contributed by atoms with Crippen LogP contribution in [0.25, 0.3) is 6.08 Å². The third kappa shape index (κ3) is 3.70. The highest BCUT2D eigenvalue weighted by molar-refractivity contribution is 6.31. The van der Waals surface area contributed by atoms with E-state index in [1.165, 1.54) is 12.3 Å². The number of hydrogen-bond acceptors (Lipinski definition) is 5. The van der Waals surface area contributed by atoms with E-state index in [2.05, 4.69) is 5.32 Å². The summed E-state index contributed by atoms with van der Waals surface area (Å²) in [5, 5.41) is 2.21. The molecule has 3 heterocycles. The van der Waals surface area contributed by atoms with Gasteiger partial charge in [-0.25, -0.2) is 4.79 Å². The molecule has 0 saturated carbocycles. The Morgan fingerprint density at radius 1 is 1.26 bits per heavy atom. The highest BCUT2D eigenvalue weighted by Gasteiger charge is 2.36. The Hall–Kier alpha value is -3.13. The third-order valence-corrected chi connectivity index (χ3v) is 4.51. The second-order valence-electron chi connectivity index (χ2n) is 6.26. The summed E-state index contributed by atoms with van der Waals surface area (Å²) in [6, 6.07) is 4.46. The second kappa shape index (κ2) is 7.63. The van der Waals surface area contributed by atoms with Crippen molar-refractivity contribution in [1.29, 1.82) is 0 Å². The van der Waals surface area contributed by atoms with E-state index in [0.29, 0.717) is 18.9 Å². The van der Waals surface area contributed by atoms with Crippen LogP contribution in [-0.2, 0) is 27.4 Å². The minimum Gasteiger partial charge on any atom is -0.467 e. The van der Waals surface area contributed by atoms with Gasteiger partial charge in [0, 0.05) is 25.0 Å². The summed E-state index contributed by atoms with van der Waals surface area (Å²) >= 11 is 0. The molecule has 142 valence electrons. The summed E-state index contributed by atoms with van der Waals surface area (Å²) in [7, 11) is 1.63. The number of nitrogens with zero attached hydrogens (tertiary/aromatic N) is 2. The summed E-state index contributed by atoms with van der Waals surface area (Å²) in [6.07, 6.45) is 2.98. The van der Waals surface area contributed by atoms with Crippen molar-refractivity contribution in [3.05, 3.63) is 52.7 Å². The fraction of sp³-hybridized carbons (Fsp3) is 0.316. The number of amides is 4. The van der Waals surface area contributed by atoms with Crippen LogP contribution in [0.15, 0.2) is 34.5 Å². The number of hydrogen-bond donors (Lipinski definition) is 1. The average molecular weight is 371 g/mol. The smallest absolute Gasteiger partial charge is 0.331 e. The standard InChI is InChI=1S/C19H21N3O5/c1-12-9-14(13(2)21(12)6-8-26-3)10-16-17(23)20-19(25)22(18(16)24)11-15-5-4-7-27-15/h4-5,7,9-10H,6,8,11H2,1-3H3,(H,20,23,25)/b16-10+. The highest BCUT2D eigenvalue weighted by atomic mass is 16.5. The van der Waals surface area contributed by atoms with Crippen LogP contribution < -0.4 is 5.32 Å². The summed E-state index contributed by atoms with van der Waals surface area (Å²) in [6.45, 7) is 5.03. The summed E-state index contributed by atoms with van der Waals surface area (Å²) in [5.41, 5.74) is 2.55. The number of furan rings is 1. The van der Waals surface area contributed by atoms with Crippen LogP contribution in [0.5, 0.6) is 0 Å². The molecule has 0 radical (unpaired) electrons. The number of barbiturate groups is 1. The minimum absolute atomic E-state index is 0.0465. The molecule has 8 heteroatoms. The summed E-state index contributed by atoms with van der Waals surface area (Å²) in [4.78, 5) is 38.0. The molecular weight excluding hydrogens is 350 g/mol. The van der Waals surface area contributed by atoms with Crippen molar-refractivity contribution in [2.75, 3.05) is 13.7 Å². The first kappa shape index (κ1) is 18.7. The molecule has 3 rings (SSSR count). The van der Waals surface area contributed by atoms with Gasteiger partial charge in [0.25, 0.3) is 11.8 Å². The van der Waals surface area contributed by atoms with Gasteiger partial charge in [-0.1, -0.05) is 0 Å². The maximum absolute atomic E-state index is 12.8. The lowest BCUT2D eigenvalue weighted by atomic mass is 10.1. The predicted molar refractivity (Wildman–Crippen MR) is 96.6 cm³/mol. The topological polar surface area (TPSA) is 93.8 Å². The molecule has 8 nitrogen and oxygen atoms in total. The average Bonchev–Trinajstić information content (AvgIpc) is 3.22. The minimum atomic E-state index is -0.760. The highest BCUT2D eigenvalue weighted by Crippen LogP contribution is 2.21. The molecule has 27 heavy (non-hydrogen) atoms. The van der Waals surface area contributed by atoms with Gasteiger partial charge in [0.2, 0.25) is 0 Å². The molecule has 1 aliphatic rings. The first-order valence-electron chi connectivity index (χ1n) is 8.49. The zero-order valence-corrected chi connectivity index (χ0v) is 15.4. The Bertz CT molecular complexity index is 908. The van der Waals surface area contributed by atoms with Gasteiger partial charge in [0.15, 0.2) is 0 Å². The van der Waals surface area contributed by atoms with Crippen LogP contribution in [-0.4, -0.2) is 41.0 Å². The third-order valence-electron chi connectivity index (χ3n) is 4.51. The van der Waals surface area contributed by atoms with E-state index in [-0.39, 0.29) is 12.1 Å². The van der Waals surface area contributed by atoms with Gasteiger partial charge in [-0.05, 0) is 43.7 Å². The molecule has 0 spiro atoms. The number of carbonyl (C=O) groups is 3. The van der Waals surface area contributed by atoms with Gasteiger partial charge in [-0.15, -0.1) is 0 Å². The number of ether oxygens (including phenoxy) is 1. The first-order valence-corrected chi connectivity index (χ1v) is 8.49. The number of carbonyl (C=O) groups excluding carboxylic acids is 3. The van der Waals surface area contributed by atoms with Gasteiger partial charge < -0.3 is 13.7 Å². The molecule has 4 amide bonds. The van der Waals surface area contributed by atoms with Crippen LogP contribution in [0.1, 0.15) is 22.7 Å². The monoisotopic (exact) mass is 371 g/mol. The fourth-order valence-electron chi connectivity index (χ4n) is 3.05. The number of rotatable bonds is 6. The van der Waals surface area contributed by atoms with Gasteiger partial charge in [-0.3, -0.25) is 19.8 Å². The van der Waals surface area contributed by atoms with Gasteiger partial charge in [0.1, 0.15) is 11.3 Å². The lowest BCUT2D eigenvalue weighted by molar-refractivity contribution is -0.130. The number of methoxy groups -OCH3 is 1. The lowest BCUT2D eigenvalue weighted by Gasteiger charge is -2.25. The molecule has 2 aromatic heterocycles. The number of aryl methyl sites for hydroxylation is 1. The molecule has 0 aromatic carbocycles. The molecule has 1 fully saturated rings. The molecule has 1 N–H and O–H groups in total. The predicted octanol–water partition coefficient (Wildman–Crippen LogP) is 2.01. The number of imide groups is 2. The van der Waals surface area contributed by atoms with Gasteiger partial charge >= 0.3 is 6.03 Å². The molecule has 1 saturated heterocycles. The van der Waals surface area contributed by atoms with E-state index in [1.807, 2.05) is 24.5 Å². The van der Waals surface area contributed by atoms with E-state index in [0.717, 1.165) is 21.9 Å². The van der Waals surface area contributed by atoms with Crippen LogP contribution in [0.4, 0.5) is 4.79 Å². The second-order valence-corrected chi connectivity index (χ2v) is 6.26. The van der Waals surface area contributed by atoms with Crippen LogP contribution >= 0.6 is 0 Å². The van der Waals surface area contributed by atoms with E-state index in [1.54, 1.807) is 19.2 Å². The van der Waals surface area contributed by atoms with Crippen molar-refractivity contribution >= 4 is 23.9 Å². The van der Waals surface area contributed by atoms with Gasteiger partial charge in [0.05, 0.1) is 19.4 Å². The Kier molecular flexibility index (Phi) is 5.27. The van der Waals surface area contributed by atoms with E-state index in [4.69, 9.17) is 9.15 Å². The molecule has 0 aliphatic carbocycles. The number of urea groups is 1. The Morgan fingerprint density at radius 3 is 2.70 bits per heavy atom. The lowest BCUT2D eigenvalue weighted by Crippen LogP contribution is -2.53. The van der Waals surface area contributed by atoms with Crippen molar-refractivity contribution in [3.63, 3.8) is 0 Å². The quantitative estimate of drug-likeness (QED) is 0.619. The maximum Gasteiger partial charge on any atom is 0.331 e. The maximum atomic E-state index is 12.8. The summed E-state index contributed by atoms with van der Waals surface area (Å²) < 4.78 is 12.4. The van der Waals surface area contributed by atoms with Crippen molar-refractivity contribution in [1.82, 2.24) is 14.8 Å². The fourth-order valence-corrected chi connectivity index (χ4v) is 3.05. The van der Waals surface area contributed by atoms with E-state index in [9.17, 15) is 14.4 Å². The zero-order chi connectivity index (χ0) is 19.6. The molecule has 0 atom stereocenters. The SMILES string of the molecule is COCCn1c(C)cc(/C=C2\C(=O)NC(=O)N(Cc3ccco3)C2=O)c1C. The number of nitrogens with one attached hydrogen (secondary N) is 1. The largest absolute Gasteiger partial charge is 0.467 e. The van der Waals surface area contributed by atoms with Gasteiger partial charge in [-0.2, -0.15) is 0 Å². The Morgan fingerprint density at radius 2 is 2.04 bits per heavy atom. The summed E-state index contributed by atoms with van der Waals surface area (Å²) in [5.74, 6) is -0.908. The molecule has 1 aliphatic heterocycles. The Labute approximate surface area is 156 Å². The van der Waals surface area contributed by atoms with Crippen molar-refractivity contribution in [2.24, 2.45) is 0 Å². The zero-order valence-electron chi connectivity index (χ0n) is 15.4. The van der Waals surface area contributed by atoms with E-state index < -0.39 is 17.8 Å². The normalized spacial score (nSPS) is 16.3. The van der Waals surface area contributed by atoms with Crippen molar-refractivity contribution in [2.45, 2.75) is 26.9 Å². The molecule has 0 bridgehead atoms. The Balaban J connectivity index is 1.91. The molecule has 0 unspecified atom stereocenters. The molecule has 2 aromatic rings.